The minimum atomic E-state index is -1.09. The molecule has 1 amide bonds. The fourth-order valence-electron chi connectivity index (χ4n) is 2.79. The molecule has 3 rings (SSSR count). The van der Waals surface area contributed by atoms with E-state index >= 15 is 0 Å². The smallest absolute Gasteiger partial charge is 0.325 e. The van der Waals surface area contributed by atoms with E-state index in [0.29, 0.717) is 22.3 Å². The zero-order valence-corrected chi connectivity index (χ0v) is 15.7. The molecule has 0 radical (unpaired) electrons. The van der Waals surface area contributed by atoms with Crippen LogP contribution in [-0.4, -0.2) is 37.8 Å². The molecule has 27 heavy (non-hydrogen) atoms. The summed E-state index contributed by atoms with van der Waals surface area (Å²) in [5.41, 5.74) is 3.59. The van der Waals surface area contributed by atoms with E-state index in [1.165, 1.54) is 6.92 Å². The van der Waals surface area contributed by atoms with Gasteiger partial charge in [-0.25, -0.2) is 9.67 Å². The van der Waals surface area contributed by atoms with Gasteiger partial charge >= 0.3 is 5.97 Å². The molecule has 0 aliphatic carbocycles. The summed E-state index contributed by atoms with van der Waals surface area (Å²) >= 11 is 0. The minimum Gasteiger partial charge on any atom is -0.480 e. The van der Waals surface area contributed by atoms with Crippen molar-refractivity contribution in [2.75, 3.05) is 0 Å². The Labute approximate surface area is 157 Å². The highest BCUT2D eigenvalue weighted by atomic mass is 16.4. The second-order valence-electron chi connectivity index (χ2n) is 6.87. The standard InChI is InChI=1S/C20H22N4O3/c1-11(2)24-18-16(10-21-24)15(19(25)22-13(4)20(26)27)9-17(23-18)14-7-5-12(3)6-8-14/h5-11,13H,1-4H3,(H,22,25)(H,26,27)/t13-/m0/s1. The van der Waals surface area contributed by atoms with E-state index in [4.69, 9.17) is 10.1 Å². The molecule has 2 heterocycles. The predicted molar refractivity (Wildman–Crippen MR) is 103 cm³/mol. The number of benzene rings is 1. The van der Waals surface area contributed by atoms with Crippen LogP contribution in [0.4, 0.5) is 0 Å². The number of carbonyl (C=O) groups is 2. The second-order valence-corrected chi connectivity index (χ2v) is 6.87. The van der Waals surface area contributed by atoms with Crippen LogP contribution >= 0.6 is 0 Å². The summed E-state index contributed by atoms with van der Waals surface area (Å²) in [4.78, 5) is 28.6. The number of fused-ring (bicyclic) bond motifs is 1. The van der Waals surface area contributed by atoms with Crippen molar-refractivity contribution in [2.45, 2.75) is 39.8 Å². The molecule has 140 valence electrons. The van der Waals surface area contributed by atoms with Crippen LogP contribution in [0.3, 0.4) is 0 Å². The van der Waals surface area contributed by atoms with Gasteiger partial charge in [0.05, 0.1) is 22.8 Å². The van der Waals surface area contributed by atoms with Crippen molar-refractivity contribution in [2.24, 2.45) is 0 Å². The van der Waals surface area contributed by atoms with E-state index in [-0.39, 0.29) is 6.04 Å². The van der Waals surface area contributed by atoms with E-state index in [9.17, 15) is 9.59 Å². The highest BCUT2D eigenvalue weighted by Crippen LogP contribution is 2.26. The molecule has 2 aromatic heterocycles. The van der Waals surface area contributed by atoms with Gasteiger partial charge in [-0.05, 0) is 33.8 Å². The number of carbonyl (C=O) groups excluding carboxylic acids is 1. The molecular formula is C20H22N4O3. The van der Waals surface area contributed by atoms with Crippen LogP contribution in [0.5, 0.6) is 0 Å². The van der Waals surface area contributed by atoms with E-state index in [2.05, 4.69) is 10.4 Å². The zero-order chi connectivity index (χ0) is 19.7. The molecule has 3 aromatic rings. The van der Waals surface area contributed by atoms with Gasteiger partial charge in [-0.3, -0.25) is 9.59 Å². The van der Waals surface area contributed by atoms with Gasteiger partial charge in [0.15, 0.2) is 5.65 Å². The van der Waals surface area contributed by atoms with Crippen LogP contribution in [-0.2, 0) is 4.79 Å². The Morgan fingerprint density at radius 3 is 2.41 bits per heavy atom. The third kappa shape index (κ3) is 3.67. The lowest BCUT2D eigenvalue weighted by molar-refractivity contribution is -0.138. The SMILES string of the molecule is Cc1ccc(-c2cc(C(=O)N[C@@H](C)C(=O)O)c3cnn(C(C)C)c3n2)cc1. The topological polar surface area (TPSA) is 97.1 Å². The number of nitrogens with zero attached hydrogens (tertiary/aromatic N) is 3. The van der Waals surface area contributed by atoms with Gasteiger partial charge in [-0.2, -0.15) is 5.10 Å². The number of hydrogen-bond acceptors (Lipinski definition) is 4. The molecule has 0 bridgehead atoms. The van der Waals surface area contributed by atoms with Gasteiger partial charge in [0.2, 0.25) is 0 Å². The average molecular weight is 366 g/mol. The highest BCUT2D eigenvalue weighted by Gasteiger charge is 2.21. The number of carboxylic acid groups (broad SMARTS) is 1. The Hall–Kier alpha value is -3.22. The Balaban J connectivity index is 2.17. The van der Waals surface area contributed by atoms with E-state index in [1.54, 1.807) is 16.9 Å². The minimum absolute atomic E-state index is 0.0668. The molecule has 2 N–H and O–H groups in total. The van der Waals surface area contributed by atoms with Gasteiger partial charge in [0.1, 0.15) is 6.04 Å². The molecule has 0 fully saturated rings. The fraction of sp³-hybridized carbons (Fsp3) is 0.300. The maximum atomic E-state index is 12.8. The molecular weight excluding hydrogens is 344 g/mol. The molecule has 7 nitrogen and oxygen atoms in total. The summed E-state index contributed by atoms with van der Waals surface area (Å²) in [5, 5.41) is 16.5. The maximum absolute atomic E-state index is 12.8. The van der Waals surface area contributed by atoms with Crippen molar-refractivity contribution in [1.29, 1.82) is 0 Å². The largest absolute Gasteiger partial charge is 0.480 e. The van der Waals surface area contributed by atoms with Crippen LogP contribution in [0.25, 0.3) is 22.3 Å². The maximum Gasteiger partial charge on any atom is 0.325 e. The van der Waals surface area contributed by atoms with E-state index < -0.39 is 17.9 Å². The fourth-order valence-corrected chi connectivity index (χ4v) is 2.79. The lowest BCUT2D eigenvalue weighted by Gasteiger charge is -2.13. The Kier molecular flexibility index (Phi) is 4.94. The van der Waals surface area contributed by atoms with Crippen molar-refractivity contribution < 1.29 is 14.7 Å². The number of pyridine rings is 1. The summed E-state index contributed by atoms with van der Waals surface area (Å²) in [6.07, 6.45) is 1.60. The van der Waals surface area contributed by atoms with Crippen LogP contribution in [0.1, 0.15) is 42.7 Å². The Morgan fingerprint density at radius 2 is 1.81 bits per heavy atom. The molecule has 0 saturated carbocycles. The van der Waals surface area contributed by atoms with Gasteiger partial charge in [0, 0.05) is 11.6 Å². The quantitative estimate of drug-likeness (QED) is 0.723. The average Bonchev–Trinajstić information content (AvgIpc) is 3.05. The molecule has 0 unspecified atom stereocenters. The number of carboxylic acids is 1. The Morgan fingerprint density at radius 1 is 1.15 bits per heavy atom. The van der Waals surface area contributed by atoms with Crippen LogP contribution in [0, 0.1) is 6.92 Å². The van der Waals surface area contributed by atoms with Crippen LogP contribution in [0.2, 0.25) is 0 Å². The first-order valence-electron chi connectivity index (χ1n) is 8.77. The number of hydrogen-bond donors (Lipinski definition) is 2. The highest BCUT2D eigenvalue weighted by molar-refractivity contribution is 6.07. The third-order valence-corrected chi connectivity index (χ3v) is 4.37. The molecule has 0 spiro atoms. The van der Waals surface area contributed by atoms with Gasteiger partial charge in [0.25, 0.3) is 5.91 Å². The van der Waals surface area contributed by atoms with Crippen molar-refractivity contribution in [3.05, 3.63) is 47.7 Å². The van der Waals surface area contributed by atoms with Gasteiger partial charge in [-0.1, -0.05) is 29.8 Å². The number of aliphatic carboxylic acids is 1. The number of rotatable bonds is 5. The Bertz CT molecular complexity index is 1010. The van der Waals surface area contributed by atoms with Crippen molar-refractivity contribution >= 4 is 22.9 Å². The van der Waals surface area contributed by atoms with E-state index in [1.807, 2.05) is 45.0 Å². The number of amides is 1. The summed E-state index contributed by atoms with van der Waals surface area (Å²) in [6.45, 7) is 7.40. The van der Waals surface area contributed by atoms with Gasteiger partial charge < -0.3 is 10.4 Å². The molecule has 1 aromatic carbocycles. The lowest BCUT2D eigenvalue weighted by Crippen LogP contribution is -2.38. The van der Waals surface area contributed by atoms with Crippen LogP contribution < -0.4 is 5.32 Å². The molecule has 0 saturated heterocycles. The van der Waals surface area contributed by atoms with Crippen molar-refractivity contribution in [3.63, 3.8) is 0 Å². The first-order valence-corrected chi connectivity index (χ1v) is 8.77. The predicted octanol–water partition coefficient (Wildman–Crippen LogP) is 3.19. The zero-order valence-electron chi connectivity index (χ0n) is 15.7. The number of aromatic nitrogens is 3. The van der Waals surface area contributed by atoms with Crippen molar-refractivity contribution in [1.82, 2.24) is 20.1 Å². The van der Waals surface area contributed by atoms with E-state index in [0.717, 1.165) is 11.1 Å². The first kappa shape index (κ1) is 18.6. The van der Waals surface area contributed by atoms with Crippen LogP contribution in [0.15, 0.2) is 36.5 Å². The lowest BCUT2D eigenvalue weighted by atomic mass is 10.0. The summed E-state index contributed by atoms with van der Waals surface area (Å²) in [5.74, 6) is -1.56. The monoisotopic (exact) mass is 366 g/mol. The molecule has 0 aliphatic heterocycles. The summed E-state index contributed by atoms with van der Waals surface area (Å²) in [6, 6.07) is 8.60. The van der Waals surface area contributed by atoms with Gasteiger partial charge in [-0.15, -0.1) is 0 Å². The molecule has 1 atom stereocenters. The molecule has 0 aliphatic rings. The number of nitrogens with one attached hydrogen (secondary N) is 1. The number of aryl methyl sites for hydroxylation is 1. The third-order valence-electron chi connectivity index (χ3n) is 4.37. The first-order chi connectivity index (χ1) is 12.8. The second kappa shape index (κ2) is 7.19. The normalized spacial score (nSPS) is 12.3. The van der Waals surface area contributed by atoms with Crippen molar-refractivity contribution in [3.8, 4) is 11.3 Å². The molecule has 7 heteroatoms. The summed E-state index contributed by atoms with van der Waals surface area (Å²) in [7, 11) is 0. The summed E-state index contributed by atoms with van der Waals surface area (Å²) < 4.78 is 1.75.